The molecule has 166 valence electrons. The van der Waals surface area contributed by atoms with Gasteiger partial charge in [-0.05, 0) is 81.1 Å². The number of furan rings is 1. The molecule has 0 saturated heterocycles. The van der Waals surface area contributed by atoms with E-state index in [4.69, 9.17) is 4.42 Å². The van der Waals surface area contributed by atoms with Gasteiger partial charge in [-0.2, -0.15) is 0 Å². The van der Waals surface area contributed by atoms with Gasteiger partial charge in [-0.15, -0.1) is 0 Å². The van der Waals surface area contributed by atoms with Gasteiger partial charge in [0.1, 0.15) is 17.0 Å². The molecule has 2 amide bonds. The third kappa shape index (κ3) is 3.34. The van der Waals surface area contributed by atoms with E-state index in [1.54, 1.807) is 11.2 Å². The number of hydrogen-bond donors (Lipinski definition) is 1. The van der Waals surface area contributed by atoms with Gasteiger partial charge in [0.25, 0.3) is 5.91 Å². The number of amides is 2. The fourth-order valence-electron chi connectivity index (χ4n) is 5.25. The zero-order valence-corrected chi connectivity index (χ0v) is 18.9. The highest BCUT2D eigenvalue weighted by Gasteiger charge is 2.49. The first-order valence-electron chi connectivity index (χ1n) is 11.3. The summed E-state index contributed by atoms with van der Waals surface area (Å²) in [6.07, 6.45) is 5.86. The van der Waals surface area contributed by atoms with Crippen LogP contribution in [0.5, 0.6) is 0 Å². The second-order valence-corrected chi connectivity index (χ2v) is 9.38. The molecule has 1 aliphatic carbocycles. The quantitative estimate of drug-likeness (QED) is 0.643. The van der Waals surface area contributed by atoms with E-state index in [1.807, 2.05) is 61.7 Å². The predicted octanol–water partition coefficient (Wildman–Crippen LogP) is 4.84. The average molecular weight is 432 g/mol. The van der Waals surface area contributed by atoms with E-state index in [0.29, 0.717) is 18.0 Å². The van der Waals surface area contributed by atoms with E-state index >= 15 is 0 Å². The molecule has 1 N–H and O–H groups in total. The van der Waals surface area contributed by atoms with Crippen LogP contribution in [-0.2, 0) is 11.3 Å². The lowest BCUT2D eigenvalue weighted by molar-refractivity contribution is -0.127. The highest BCUT2D eigenvalue weighted by atomic mass is 16.3. The summed E-state index contributed by atoms with van der Waals surface area (Å²) in [5, 5.41) is 3.25. The number of anilines is 1. The van der Waals surface area contributed by atoms with E-state index in [-0.39, 0.29) is 17.9 Å². The summed E-state index contributed by atoms with van der Waals surface area (Å²) in [6.45, 7) is 6.25. The van der Waals surface area contributed by atoms with Crippen molar-refractivity contribution in [2.45, 2.75) is 64.6 Å². The van der Waals surface area contributed by atoms with Crippen LogP contribution in [0.1, 0.15) is 54.2 Å². The maximum atomic E-state index is 13.9. The van der Waals surface area contributed by atoms with Gasteiger partial charge >= 0.3 is 0 Å². The van der Waals surface area contributed by atoms with Crippen LogP contribution in [0, 0.1) is 13.8 Å². The van der Waals surface area contributed by atoms with Crippen LogP contribution in [0.3, 0.4) is 0 Å². The van der Waals surface area contributed by atoms with Crippen LogP contribution in [-0.4, -0.2) is 28.0 Å². The number of rotatable bonds is 4. The van der Waals surface area contributed by atoms with Gasteiger partial charge in [-0.1, -0.05) is 18.9 Å². The summed E-state index contributed by atoms with van der Waals surface area (Å²) in [5.41, 5.74) is 3.16. The first-order chi connectivity index (χ1) is 15.4. The summed E-state index contributed by atoms with van der Waals surface area (Å²) in [6, 6.07) is 13.6. The van der Waals surface area contributed by atoms with Gasteiger partial charge < -0.3 is 14.3 Å². The minimum absolute atomic E-state index is 0.110. The molecule has 0 radical (unpaired) electrons. The first-order valence-corrected chi connectivity index (χ1v) is 11.3. The Balaban J connectivity index is 1.63. The smallest absolute Gasteiger partial charge is 0.275 e. The van der Waals surface area contributed by atoms with Crippen molar-refractivity contribution in [3.63, 3.8) is 0 Å². The van der Waals surface area contributed by atoms with Crippen LogP contribution in [0.4, 0.5) is 5.69 Å². The Morgan fingerprint density at radius 1 is 1.06 bits per heavy atom. The Bertz CT molecular complexity index is 1150. The van der Waals surface area contributed by atoms with Gasteiger partial charge in [-0.3, -0.25) is 14.5 Å². The summed E-state index contributed by atoms with van der Waals surface area (Å²) in [4.78, 5) is 29.3. The summed E-state index contributed by atoms with van der Waals surface area (Å²) < 4.78 is 7.54. The molecule has 1 aliphatic heterocycles. The maximum Gasteiger partial charge on any atom is 0.275 e. The van der Waals surface area contributed by atoms with Crippen molar-refractivity contribution in [2.24, 2.45) is 0 Å². The number of hydrogen-bond acceptors (Lipinski definition) is 3. The summed E-state index contributed by atoms with van der Waals surface area (Å²) in [7, 11) is 0. The first kappa shape index (κ1) is 20.6. The summed E-state index contributed by atoms with van der Waals surface area (Å²) in [5.74, 6) is 0.396. The molecule has 3 heterocycles. The van der Waals surface area contributed by atoms with Crippen molar-refractivity contribution in [3.05, 3.63) is 65.5 Å². The third-order valence-electron chi connectivity index (χ3n) is 6.78. The van der Waals surface area contributed by atoms with Gasteiger partial charge in [0.05, 0.1) is 18.5 Å². The minimum Gasteiger partial charge on any atom is -0.463 e. The average Bonchev–Trinajstić information content (AvgIpc) is 3.49. The number of aromatic nitrogens is 1. The summed E-state index contributed by atoms with van der Waals surface area (Å²) >= 11 is 0. The number of carbonyl (C=O) groups excluding carboxylic acids is 2. The predicted molar refractivity (Wildman–Crippen MR) is 124 cm³/mol. The Labute approximate surface area is 188 Å². The van der Waals surface area contributed by atoms with Crippen molar-refractivity contribution in [1.29, 1.82) is 0 Å². The lowest BCUT2D eigenvalue weighted by Crippen LogP contribution is -2.65. The highest BCUT2D eigenvalue weighted by molar-refractivity contribution is 6.12. The van der Waals surface area contributed by atoms with Gasteiger partial charge in [-0.25, -0.2) is 0 Å². The minimum atomic E-state index is -1.08. The fraction of sp³-hybridized carbons (Fsp3) is 0.385. The molecule has 1 aromatic carbocycles. The molecule has 6 nitrogen and oxygen atoms in total. The van der Waals surface area contributed by atoms with Crippen LogP contribution in [0.25, 0.3) is 11.5 Å². The Morgan fingerprint density at radius 3 is 2.41 bits per heavy atom. The molecule has 6 heteroatoms. The monoisotopic (exact) mass is 431 g/mol. The Morgan fingerprint density at radius 2 is 1.75 bits per heavy atom. The molecule has 0 spiro atoms. The molecule has 3 aromatic rings. The number of benzene rings is 1. The SMILES string of the molecule is Cc1cc(C)cc(N2C(=O)c3ccc(-c4ccco4)n3CC2(C)C(=O)NC2CCCC2)c1. The second kappa shape index (κ2) is 7.69. The second-order valence-electron chi connectivity index (χ2n) is 9.38. The molecule has 2 aliphatic rings. The molecule has 5 rings (SSSR count). The van der Waals surface area contributed by atoms with Crippen molar-refractivity contribution in [2.75, 3.05) is 4.90 Å². The molecule has 0 bridgehead atoms. The normalized spacial score (nSPS) is 21.1. The van der Waals surface area contributed by atoms with Crippen LogP contribution in [0.15, 0.2) is 53.1 Å². The molecule has 1 atom stereocenters. The Hall–Kier alpha value is -3.28. The van der Waals surface area contributed by atoms with E-state index in [9.17, 15) is 9.59 Å². The molecular weight excluding hydrogens is 402 g/mol. The maximum absolute atomic E-state index is 13.9. The number of fused-ring (bicyclic) bond motifs is 1. The van der Waals surface area contributed by atoms with Crippen molar-refractivity contribution in [3.8, 4) is 11.5 Å². The van der Waals surface area contributed by atoms with Gasteiger partial charge in [0, 0.05) is 11.7 Å². The molecule has 32 heavy (non-hydrogen) atoms. The van der Waals surface area contributed by atoms with E-state index in [2.05, 4.69) is 11.4 Å². The van der Waals surface area contributed by atoms with Crippen molar-refractivity contribution >= 4 is 17.5 Å². The van der Waals surface area contributed by atoms with Crippen LogP contribution in [0.2, 0.25) is 0 Å². The zero-order valence-electron chi connectivity index (χ0n) is 18.9. The third-order valence-corrected chi connectivity index (χ3v) is 6.78. The van der Waals surface area contributed by atoms with Crippen LogP contribution < -0.4 is 10.2 Å². The van der Waals surface area contributed by atoms with Crippen molar-refractivity contribution < 1.29 is 14.0 Å². The van der Waals surface area contributed by atoms with E-state index in [0.717, 1.165) is 48.2 Å². The Kier molecular flexibility index (Phi) is 4.96. The largest absolute Gasteiger partial charge is 0.463 e. The topological polar surface area (TPSA) is 67.5 Å². The zero-order chi connectivity index (χ0) is 22.5. The standard InChI is InChI=1S/C26H29N3O3/c1-17-13-18(2)15-20(14-17)29-24(30)22-11-10-21(23-9-6-12-32-23)28(22)16-26(29,3)25(31)27-19-7-4-5-8-19/h6,9-15,19H,4-5,7-8,16H2,1-3H3,(H,27,31). The van der Waals surface area contributed by atoms with E-state index in [1.165, 1.54) is 0 Å². The highest BCUT2D eigenvalue weighted by Crippen LogP contribution is 2.37. The van der Waals surface area contributed by atoms with Crippen LogP contribution >= 0.6 is 0 Å². The number of nitrogens with one attached hydrogen (secondary N) is 1. The number of aryl methyl sites for hydroxylation is 2. The van der Waals surface area contributed by atoms with E-state index < -0.39 is 5.54 Å². The van der Waals surface area contributed by atoms with Gasteiger partial charge in [0.2, 0.25) is 5.91 Å². The molecule has 1 unspecified atom stereocenters. The molecule has 1 saturated carbocycles. The molecular formula is C26H29N3O3. The van der Waals surface area contributed by atoms with Gasteiger partial charge in [0.15, 0.2) is 0 Å². The molecule has 2 aromatic heterocycles. The number of carbonyl (C=O) groups is 2. The fourth-order valence-corrected chi connectivity index (χ4v) is 5.25. The lowest BCUT2D eigenvalue weighted by atomic mass is 9.92. The van der Waals surface area contributed by atoms with Crippen molar-refractivity contribution in [1.82, 2.24) is 9.88 Å². The lowest BCUT2D eigenvalue weighted by Gasteiger charge is -2.44. The molecule has 1 fully saturated rings. The number of nitrogens with zero attached hydrogens (tertiary/aromatic N) is 2.